The fourth-order valence-electron chi connectivity index (χ4n) is 2.44. The summed E-state index contributed by atoms with van der Waals surface area (Å²) in [5, 5.41) is 0. The minimum atomic E-state index is 0.418. The SMILES string of the molecule is COc1ccc(C(C)Cc2nc3ccccc3[nH]2)cc1. The van der Waals surface area contributed by atoms with E-state index in [1.807, 2.05) is 30.3 Å². The van der Waals surface area contributed by atoms with Crippen LogP contribution in [-0.2, 0) is 6.42 Å². The number of nitrogens with one attached hydrogen (secondary N) is 1. The molecule has 2 aromatic carbocycles. The quantitative estimate of drug-likeness (QED) is 0.777. The second kappa shape index (κ2) is 5.37. The fourth-order valence-corrected chi connectivity index (χ4v) is 2.44. The van der Waals surface area contributed by atoms with Crippen molar-refractivity contribution in [2.24, 2.45) is 0 Å². The number of methoxy groups -OCH3 is 1. The first-order valence-corrected chi connectivity index (χ1v) is 6.84. The Balaban J connectivity index is 1.78. The van der Waals surface area contributed by atoms with Crippen molar-refractivity contribution in [3.8, 4) is 5.75 Å². The number of imidazole rings is 1. The molecule has 3 heteroatoms. The van der Waals surface area contributed by atoms with E-state index in [1.54, 1.807) is 7.11 Å². The number of ether oxygens (including phenoxy) is 1. The van der Waals surface area contributed by atoms with Gasteiger partial charge in [-0.25, -0.2) is 4.98 Å². The van der Waals surface area contributed by atoms with Crippen LogP contribution in [0.25, 0.3) is 11.0 Å². The average molecular weight is 266 g/mol. The van der Waals surface area contributed by atoms with E-state index in [0.717, 1.165) is 29.0 Å². The van der Waals surface area contributed by atoms with Gasteiger partial charge in [-0.2, -0.15) is 0 Å². The molecule has 0 aliphatic heterocycles. The number of benzene rings is 2. The number of nitrogens with zero attached hydrogens (tertiary/aromatic N) is 1. The van der Waals surface area contributed by atoms with E-state index in [-0.39, 0.29) is 0 Å². The monoisotopic (exact) mass is 266 g/mol. The largest absolute Gasteiger partial charge is 0.497 e. The van der Waals surface area contributed by atoms with E-state index >= 15 is 0 Å². The van der Waals surface area contributed by atoms with Crippen LogP contribution < -0.4 is 4.74 Å². The summed E-state index contributed by atoms with van der Waals surface area (Å²) in [6.07, 6.45) is 0.904. The van der Waals surface area contributed by atoms with Crippen molar-refractivity contribution in [2.75, 3.05) is 7.11 Å². The number of aromatic amines is 1. The summed E-state index contributed by atoms with van der Waals surface area (Å²) < 4.78 is 5.19. The number of H-pyrrole nitrogens is 1. The first kappa shape index (κ1) is 12.7. The Labute approximate surface area is 118 Å². The minimum absolute atomic E-state index is 0.418. The highest BCUT2D eigenvalue weighted by Gasteiger charge is 2.10. The summed E-state index contributed by atoms with van der Waals surface area (Å²) in [5.74, 6) is 2.35. The van der Waals surface area contributed by atoms with Crippen LogP contribution in [0.1, 0.15) is 24.2 Å². The van der Waals surface area contributed by atoms with Crippen molar-refractivity contribution in [1.29, 1.82) is 0 Å². The Morgan fingerprint density at radius 3 is 2.55 bits per heavy atom. The van der Waals surface area contributed by atoms with E-state index in [4.69, 9.17) is 4.74 Å². The lowest BCUT2D eigenvalue weighted by molar-refractivity contribution is 0.414. The van der Waals surface area contributed by atoms with Crippen molar-refractivity contribution < 1.29 is 4.74 Å². The van der Waals surface area contributed by atoms with Gasteiger partial charge in [0, 0.05) is 6.42 Å². The number of hydrogen-bond donors (Lipinski definition) is 1. The molecule has 3 rings (SSSR count). The molecule has 0 saturated carbocycles. The number of hydrogen-bond acceptors (Lipinski definition) is 2. The standard InChI is InChI=1S/C17H18N2O/c1-12(13-7-9-14(20-2)10-8-13)11-17-18-15-5-3-4-6-16(15)19-17/h3-10,12H,11H2,1-2H3,(H,18,19). The van der Waals surface area contributed by atoms with Crippen LogP contribution in [-0.4, -0.2) is 17.1 Å². The van der Waals surface area contributed by atoms with Crippen LogP contribution in [0.4, 0.5) is 0 Å². The Kier molecular flexibility index (Phi) is 3.42. The molecular formula is C17H18N2O. The molecule has 0 radical (unpaired) electrons. The van der Waals surface area contributed by atoms with Gasteiger partial charge in [0.05, 0.1) is 18.1 Å². The lowest BCUT2D eigenvalue weighted by atomic mass is 9.97. The predicted octanol–water partition coefficient (Wildman–Crippen LogP) is 3.92. The van der Waals surface area contributed by atoms with Gasteiger partial charge in [-0.05, 0) is 35.7 Å². The lowest BCUT2D eigenvalue weighted by Gasteiger charge is -2.10. The van der Waals surface area contributed by atoms with Gasteiger partial charge in [-0.15, -0.1) is 0 Å². The smallest absolute Gasteiger partial charge is 0.118 e. The summed E-state index contributed by atoms with van der Waals surface area (Å²) in [6, 6.07) is 16.4. The highest BCUT2D eigenvalue weighted by molar-refractivity contribution is 5.74. The summed E-state index contributed by atoms with van der Waals surface area (Å²) in [4.78, 5) is 8.01. The first-order chi connectivity index (χ1) is 9.76. The molecule has 1 N–H and O–H groups in total. The molecule has 102 valence electrons. The van der Waals surface area contributed by atoms with E-state index < -0.39 is 0 Å². The summed E-state index contributed by atoms with van der Waals surface area (Å²) in [6.45, 7) is 2.22. The Bertz CT molecular complexity index is 667. The lowest BCUT2D eigenvalue weighted by Crippen LogP contribution is -2.00. The van der Waals surface area contributed by atoms with E-state index in [0.29, 0.717) is 5.92 Å². The predicted molar refractivity (Wildman–Crippen MR) is 81.2 cm³/mol. The highest BCUT2D eigenvalue weighted by atomic mass is 16.5. The average Bonchev–Trinajstić information content (AvgIpc) is 2.89. The number of aromatic nitrogens is 2. The Morgan fingerprint density at radius 2 is 1.85 bits per heavy atom. The maximum Gasteiger partial charge on any atom is 0.118 e. The summed E-state index contributed by atoms with van der Waals surface area (Å²) in [5.41, 5.74) is 3.43. The maximum absolute atomic E-state index is 5.19. The molecule has 1 atom stereocenters. The van der Waals surface area contributed by atoms with Crippen molar-refractivity contribution >= 4 is 11.0 Å². The van der Waals surface area contributed by atoms with E-state index in [9.17, 15) is 0 Å². The minimum Gasteiger partial charge on any atom is -0.497 e. The molecule has 0 fully saturated rings. The third kappa shape index (κ3) is 2.52. The zero-order chi connectivity index (χ0) is 13.9. The van der Waals surface area contributed by atoms with Crippen LogP contribution in [0.5, 0.6) is 5.75 Å². The second-order valence-corrected chi connectivity index (χ2v) is 5.08. The van der Waals surface area contributed by atoms with Gasteiger partial charge in [0.15, 0.2) is 0 Å². The Morgan fingerprint density at radius 1 is 1.10 bits per heavy atom. The van der Waals surface area contributed by atoms with E-state index in [2.05, 4.69) is 35.1 Å². The maximum atomic E-state index is 5.19. The topological polar surface area (TPSA) is 37.9 Å². The molecule has 1 heterocycles. The molecule has 0 aliphatic carbocycles. The highest BCUT2D eigenvalue weighted by Crippen LogP contribution is 2.22. The first-order valence-electron chi connectivity index (χ1n) is 6.84. The molecule has 3 nitrogen and oxygen atoms in total. The van der Waals surface area contributed by atoms with Crippen LogP contribution >= 0.6 is 0 Å². The number of fused-ring (bicyclic) bond motifs is 1. The summed E-state index contributed by atoms with van der Waals surface area (Å²) >= 11 is 0. The second-order valence-electron chi connectivity index (χ2n) is 5.08. The van der Waals surface area contributed by atoms with Gasteiger partial charge in [0.2, 0.25) is 0 Å². The normalized spacial score (nSPS) is 12.5. The molecule has 20 heavy (non-hydrogen) atoms. The molecule has 1 unspecified atom stereocenters. The molecule has 0 spiro atoms. The molecule has 1 aromatic heterocycles. The third-order valence-electron chi connectivity index (χ3n) is 3.62. The van der Waals surface area contributed by atoms with Gasteiger partial charge in [0.1, 0.15) is 11.6 Å². The van der Waals surface area contributed by atoms with Crippen LogP contribution in [0.15, 0.2) is 48.5 Å². The van der Waals surface area contributed by atoms with Gasteiger partial charge in [-0.3, -0.25) is 0 Å². The van der Waals surface area contributed by atoms with Gasteiger partial charge in [-0.1, -0.05) is 31.2 Å². The van der Waals surface area contributed by atoms with E-state index in [1.165, 1.54) is 5.56 Å². The van der Waals surface area contributed by atoms with Gasteiger partial charge >= 0.3 is 0 Å². The third-order valence-corrected chi connectivity index (χ3v) is 3.62. The number of rotatable bonds is 4. The van der Waals surface area contributed by atoms with Crippen molar-refractivity contribution in [3.05, 3.63) is 59.9 Å². The molecule has 0 saturated heterocycles. The molecule has 0 amide bonds. The Hall–Kier alpha value is -2.29. The van der Waals surface area contributed by atoms with Crippen LogP contribution in [0.3, 0.4) is 0 Å². The van der Waals surface area contributed by atoms with Crippen LogP contribution in [0, 0.1) is 0 Å². The van der Waals surface area contributed by atoms with Gasteiger partial charge in [0.25, 0.3) is 0 Å². The zero-order valence-corrected chi connectivity index (χ0v) is 11.8. The molecule has 0 bridgehead atoms. The molecule has 0 aliphatic rings. The fraction of sp³-hybridized carbons (Fsp3) is 0.235. The van der Waals surface area contributed by atoms with Crippen molar-refractivity contribution in [1.82, 2.24) is 9.97 Å². The van der Waals surface area contributed by atoms with Crippen LogP contribution in [0.2, 0.25) is 0 Å². The molecule has 3 aromatic rings. The summed E-state index contributed by atoms with van der Waals surface area (Å²) in [7, 11) is 1.69. The van der Waals surface area contributed by atoms with Gasteiger partial charge < -0.3 is 9.72 Å². The van der Waals surface area contributed by atoms with Crippen molar-refractivity contribution in [2.45, 2.75) is 19.3 Å². The number of para-hydroxylation sites is 2. The molecular weight excluding hydrogens is 248 g/mol. The van der Waals surface area contributed by atoms with Crippen molar-refractivity contribution in [3.63, 3.8) is 0 Å². The zero-order valence-electron chi connectivity index (χ0n) is 11.8.